The quantitative estimate of drug-likeness (QED) is 0.363. The average Bonchev–Trinajstić information content (AvgIpc) is 0. The van der Waals surface area contributed by atoms with Crippen LogP contribution in [0.5, 0.6) is 0 Å². The second-order valence-corrected chi connectivity index (χ2v) is 0. The molecule has 4 heavy (non-hydrogen) atoms. The third kappa shape index (κ3) is 8.92. The number of hydrogen-bond donors (Lipinski definition) is 0. The zero-order chi connectivity index (χ0) is 0. The minimum absolute atomic E-state index is 0. The molecule has 0 rings (SSSR count). The second kappa shape index (κ2) is 19.3. The molecule has 0 aromatic rings. The fraction of sp³-hybridized carbons (Fsp3) is 0. The van der Waals surface area contributed by atoms with Crippen molar-refractivity contribution in [2.75, 3.05) is 0 Å². The maximum absolute atomic E-state index is 0. The molecule has 20 valence electrons. The van der Waals surface area contributed by atoms with Gasteiger partial charge in [-0.15, -0.1) is 0 Å². The van der Waals surface area contributed by atoms with Gasteiger partial charge in [-0.2, -0.15) is 0 Å². The van der Waals surface area contributed by atoms with Gasteiger partial charge < -0.3 is 5.48 Å². The van der Waals surface area contributed by atoms with Crippen molar-refractivity contribution in [2.24, 2.45) is 0 Å². The summed E-state index contributed by atoms with van der Waals surface area (Å²) in [5.41, 5.74) is 0. The molecule has 0 unspecified atom stereocenters. The molecule has 0 saturated carbocycles. The van der Waals surface area contributed by atoms with Crippen molar-refractivity contribution < 1.29 is 25.0 Å². The van der Waals surface area contributed by atoms with Crippen molar-refractivity contribution in [3.8, 4) is 0 Å². The molecule has 0 aliphatic carbocycles. The summed E-state index contributed by atoms with van der Waals surface area (Å²) >= 11 is 0. The minimum atomic E-state index is 0. The molecule has 0 aliphatic rings. The van der Waals surface area contributed by atoms with Crippen LogP contribution in [0.1, 0.15) is 0 Å². The van der Waals surface area contributed by atoms with Gasteiger partial charge in [-0.1, -0.05) is 0 Å². The van der Waals surface area contributed by atoms with E-state index in [1.54, 1.807) is 0 Å². The van der Waals surface area contributed by atoms with Crippen LogP contribution < -0.4 is 0 Å². The fourth-order valence-corrected chi connectivity index (χ4v) is 0. The number of hydrogen-bond acceptors (Lipinski definition) is 0. The van der Waals surface area contributed by atoms with Gasteiger partial charge in [0, 0.05) is 19.5 Å². The fourth-order valence-electron chi connectivity index (χ4n) is 0. The standard InChI is InChI=1S/BH3.H2O.Sr.Zn.2H/h1H3;1H2;;;;. The zero-order valence-electron chi connectivity index (χ0n) is 1.21. The molecule has 0 fully saturated rings. The van der Waals surface area contributed by atoms with Gasteiger partial charge in [-0.05, 0) is 0 Å². The zero-order valence-corrected chi connectivity index (χ0v) is 4.17. The van der Waals surface area contributed by atoms with Crippen LogP contribution in [0.15, 0.2) is 0 Å². The molecule has 4 heteroatoms. The normalized spacial score (nSPS) is 0. The van der Waals surface area contributed by atoms with Gasteiger partial charge in [-0.25, -0.2) is 0 Å². The van der Waals surface area contributed by atoms with E-state index in [9.17, 15) is 0 Å². The van der Waals surface area contributed by atoms with Gasteiger partial charge >= 0.3 is 45.5 Å². The van der Waals surface area contributed by atoms with Crippen molar-refractivity contribution in [2.45, 2.75) is 0 Å². The van der Waals surface area contributed by atoms with Crippen molar-refractivity contribution in [1.82, 2.24) is 0 Å². The Morgan fingerprint density at radius 1 is 1.00 bits per heavy atom. The molecule has 0 heterocycles. The molecule has 2 N–H and O–H groups in total. The van der Waals surface area contributed by atoms with E-state index >= 15 is 0 Å². The smallest absolute Gasteiger partial charge is 0 e. The summed E-state index contributed by atoms with van der Waals surface area (Å²) in [5, 5.41) is 0. The van der Waals surface area contributed by atoms with Crippen molar-refractivity contribution >= 4 is 53.9 Å². The van der Waals surface area contributed by atoms with E-state index in [4.69, 9.17) is 0 Å². The Bertz CT molecular complexity index is 8.00. The van der Waals surface area contributed by atoms with E-state index in [0.29, 0.717) is 0 Å². The average molecular weight is 187 g/mol. The largest absolute Gasteiger partial charge is 0 e. The van der Waals surface area contributed by atoms with E-state index in [0.717, 1.165) is 0 Å². The summed E-state index contributed by atoms with van der Waals surface area (Å²) in [6, 6.07) is 0. The van der Waals surface area contributed by atoms with Gasteiger partial charge in [0.05, 0.1) is 8.41 Å². The Balaban J connectivity index is 0. The predicted octanol–water partition coefficient (Wildman–Crippen LogP) is -2.93. The molecule has 0 bridgehead atoms. The van der Waals surface area contributed by atoms with Gasteiger partial charge in [0.2, 0.25) is 0 Å². The van der Waals surface area contributed by atoms with E-state index in [-0.39, 0.29) is 78.8 Å². The van der Waals surface area contributed by atoms with Gasteiger partial charge in [0.15, 0.2) is 0 Å². The van der Waals surface area contributed by atoms with Crippen LogP contribution >= 0.6 is 0 Å². The molecule has 1 nitrogen and oxygen atoms in total. The Hall–Kier alpha value is 2.13. The van der Waals surface area contributed by atoms with Crippen LogP contribution in [0.3, 0.4) is 0 Å². The molecule has 0 saturated heterocycles. The molecule has 0 radical (unpaired) electrons. The van der Waals surface area contributed by atoms with Crippen LogP contribution in [-0.2, 0) is 19.5 Å². The molecular formula is H7BOSrZn. The molecule has 0 aromatic carbocycles. The summed E-state index contributed by atoms with van der Waals surface area (Å²) in [6.07, 6.45) is 0. The van der Waals surface area contributed by atoms with Crippen molar-refractivity contribution in [3.63, 3.8) is 0 Å². The minimum Gasteiger partial charge on any atom is 0 e. The summed E-state index contributed by atoms with van der Waals surface area (Å²) in [7, 11) is 0. The van der Waals surface area contributed by atoms with Crippen LogP contribution in [0.2, 0.25) is 0 Å². The predicted molar refractivity (Wildman–Crippen MR) is 22.1 cm³/mol. The van der Waals surface area contributed by atoms with Gasteiger partial charge in [-0.3, -0.25) is 0 Å². The van der Waals surface area contributed by atoms with Crippen LogP contribution in [0.25, 0.3) is 0 Å². The van der Waals surface area contributed by atoms with E-state index < -0.39 is 0 Å². The van der Waals surface area contributed by atoms with E-state index in [1.807, 2.05) is 0 Å². The van der Waals surface area contributed by atoms with Crippen LogP contribution in [-0.4, -0.2) is 59.4 Å². The first-order valence-corrected chi connectivity index (χ1v) is 0. The maximum Gasteiger partial charge on any atom is 0 e. The first-order chi connectivity index (χ1) is 0. The Morgan fingerprint density at radius 2 is 1.00 bits per heavy atom. The van der Waals surface area contributed by atoms with E-state index in [2.05, 4.69) is 0 Å². The third-order valence-electron chi connectivity index (χ3n) is 0. The monoisotopic (exact) mass is 186 g/mol. The summed E-state index contributed by atoms with van der Waals surface area (Å²) in [6.45, 7) is 0. The van der Waals surface area contributed by atoms with Gasteiger partial charge in [0.1, 0.15) is 0 Å². The molecular weight excluding hydrogens is 180 g/mol. The Labute approximate surface area is 77.4 Å². The molecule has 0 aromatic heterocycles. The Morgan fingerprint density at radius 3 is 1.00 bits per heavy atom. The molecule has 0 spiro atoms. The van der Waals surface area contributed by atoms with E-state index in [1.165, 1.54) is 0 Å². The topological polar surface area (TPSA) is 31.5 Å². The Kier molecular flexibility index (Phi) is 172. The molecule has 0 amide bonds. The molecule has 0 aliphatic heterocycles. The first-order valence-electron chi connectivity index (χ1n) is 0. The van der Waals surface area contributed by atoms with Crippen LogP contribution in [0.4, 0.5) is 0 Å². The van der Waals surface area contributed by atoms with Gasteiger partial charge in [0.25, 0.3) is 0 Å². The third-order valence-corrected chi connectivity index (χ3v) is 0. The summed E-state index contributed by atoms with van der Waals surface area (Å²) in [5.74, 6) is 0. The van der Waals surface area contributed by atoms with Crippen LogP contribution in [0, 0.1) is 0 Å². The van der Waals surface area contributed by atoms with Crippen molar-refractivity contribution in [1.29, 1.82) is 0 Å². The summed E-state index contributed by atoms with van der Waals surface area (Å²) in [4.78, 5) is 0. The van der Waals surface area contributed by atoms with Crippen molar-refractivity contribution in [3.05, 3.63) is 0 Å². The summed E-state index contributed by atoms with van der Waals surface area (Å²) < 4.78 is 0. The SMILES string of the molecule is B.O.[SrH2].[Zn]. The maximum atomic E-state index is 0. The first kappa shape index (κ1) is 35.6. The number of rotatable bonds is 0. The second-order valence-electron chi connectivity index (χ2n) is 0. The molecule has 0 atom stereocenters.